The van der Waals surface area contributed by atoms with Gasteiger partial charge >= 0.3 is 12.1 Å². The number of aryl methyl sites for hydroxylation is 1. The van der Waals surface area contributed by atoms with Gasteiger partial charge in [-0.1, -0.05) is 47.6 Å². The standard InChI is InChI=1S/C27H25FN2O6/c1-15-22(29-24(33)35-16(2)19-5-3-4-6-20(19)28)23(36-30-15)17-7-9-18(10-8-17)27-13-26(27)12-25(26,14-34-27)11-21(31)32/h3-10,16H,11-14H2,1-2H3,(H,29,33)(H,31,32)/t16-,25?,26?,27?/m1/s1. The lowest BCUT2D eigenvalue weighted by molar-refractivity contribution is -0.139. The molecule has 3 aliphatic rings. The highest BCUT2D eigenvalue weighted by Gasteiger charge is 2.92. The van der Waals surface area contributed by atoms with Crippen LogP contribution in [0.4, 0.5) is 14.9 Å². The van der Waals surface area contributed by atoms with Crippen molar-refractivity contribution in [2.45, 2.75) is 44.8 Å². The van der Waals surface area contributed by atoms with Gasteiger partial charge in [0.2, 0.25) is 0 Å². The van der Waals surface area contributed by atoms with Crippen LogP contribution in [0.2, 0.25) is 0 Å². The van der Waals surface area contributed by atoms with E-state index in [1.807, 2.05) is 24.3 Å². The number of anilines is 1. The summed E-state index contributed by atoms with van der Waals surface area (Å²) in [5, 5.41) is 16.0. The summed E-state index contributed by atoms with van der Waals surface area (Å²) >= 11 is 0. The SMILES string of the molecule is Cc1noc(-c2ccc(C34CC35CC5(CC(=O)O)CO4)cc2)c1NC(=O)O[C@H](C)c1ccccc1F. The Balaban J connectivity index is 1.18. The maximum Gasteiger partial charge on any atom is 0.412 e. The van der Waals surface area contributed by atoms with Crippen LogP contribution in [0, 0.1) is 23.6 Å². The van der Waals surface area contributed by atoms with E-state index >= 15 is 0 Å². The number of aliphatic carboxylic acids is 1. The first-order chi connectivity index (χ1) is 17.2. The van der Waals surface area contributed by atoms with Crippen LogP contribution in [0.25, 0.3) is 11.3 Å². The zero-order chi connectivity index (χ0) is 25.3. The van der Waals surface area contributed by atoms with Crippen LogP contribution in [-0.2, 0) is 19.9 Å². The predicted molar refractivity (Wildman–Crippen MR) is 126 cm³/mol. The van der Waals surface area contributed by atoms with Gasteiger partial charge < -0.3 is 19.1 Å². The van der Waals surface area contributed by atoms with Crippen LogP contribution in [0.1, 0.15) is 49.1 Å². The van der Waals surface area contributed by atoms with Gasteiger partial charge in [-0.2, -0.15) is 0 Å². The van der Waals surface area contributed by atoms with E-state index in [2.05, 4.69) is 10.5 Å². The molecule has 1 spiro atoms. The van der Waals surface area contributed by atoms with Gasteiger partial charge in [0, 0.05) is 22.0 Å². The quantitative estimate of drug-likeness (QED) is 0.443. The molecule has 2 heterocycles. The third-order valence-electron chi connectivity index (χ3n) is 8.14. The van der Waals surface area contributed by atoms with Gasteiger partial charge in [0.25, 0.3) is 0 Å². The molecule has 1 amide bonds. The largest absolute Gasteiger partial charge is 0.481 e. The summed E-state index contributed by atoms with van der Waals surface area (Å²) in [5.74, 6) is -0.859. The number of carbonyl (C=O) groups excluding carboxylic acids is 1. The van der Waals surface area contributed by atoms with E-state index < -0.39 is 29.6 Å². The van der Waals surface area contributed by atoms with E-state index in [1.54, 1.807) is 32.0 Å². The Morgan fingerprint density at radius 3 is 2.61 bits per heavy atom. The fraction of sp³-hybridized carbons (Fsp3) is 0.370. The van der Waals surface area contributed by atoms with Gasteiger partial charge in [-0.3, -0.25) is 10.1 Å². The molecule has 2 saturated carbocycles. The van der Waals surface area contributed by atoms with Gasteiger partial charge in [-0.05, 0) is 38.3 Å². The Bertz CT molecular complexity index is 1380. The van der Waals surface area contributed by atoms with Crippen molar-refractivity contribution in [3.05, 3.63) is 71.2 Å². The van der Waals surface area contributed by atoms with Crippen molar-refractivity contribution in [3.8, 4) is 11.3 Å². The number of carboxylic acids is 1. The number of nitrogens with one attached hydrogen (secondary N) is 1. The van der Waals surface area contributed by atoms with E-state index in [9.17, 15) is 19.1 Å². The van der Waals surface area contributed by atoms with Crippen molar-refractivity contribution in [2.24, 2.45) is 10.8 Å². The van der Waals surface area contributed by atoms with Crippen LogP contribution in [0.15, 0.2) is 53.1 Å². The summed E-state index contributed by atoms with van der Waals surface area (Å²) < 4.78 is 31.1. The monoisotopic (exact) mass is 492 g/mol. The molecule has 36 heavy (non-hydrogen) atoms. The Hall–Kier alpha value is -3.72. The molecular formula is C27H25FN2O6. The molecule has 1 aromatic heterocycles. The first kappa shape index (κ1) is 22.7. The Morgan fingerprint density at radius 2 is 1.94 bits per heavy atom. The summed E-state index contributed by atoms with van der Waals surface area (Å²) in [4.78, 5) is 23.9. The minimum Gasteiger partial charge on any atom is -0.481 e. The van der Waals surface area contributed by atoms with Gasteiger partial charge in [-0.25, -0.2) is 9.18 Å². The van der Waals surface area contributed by atoms with Crippen LogP contribution in [-0.4, -0.2) is 28.9 Å². The molecule has 0 radical (unpaired) electrons. The first-order valence-electron chi connectivity index (χ1n) is 11.9. The summed E-state index contributed by atoms with van der Waals surface area (Å²) in [6.45, 7) is 3.77. The minimum absolute atomic E-state index is 0.0614. The van der Waals surface area contributed by atoms with Gasteiger partial charge in [0.15, 0.2) is 5.76 Å². The first-order valence-corrected chi connectivity index (χ1v) is 11.9. The highest BCUT2D eigenvalue weighted by molar-refractivity contribution is 5.90. The predicted octanol–water partition coefficient (Wildman–Crippen LogP) is 5.58. The van der Waals surface area contributed by atoms with Gasteiger partial charge in [-0.15, -0.1) is 0 Å². The number of amides is 1. The molecule has 4 atom stereocenters. The Labute approximate surface area is 206 Å². The molecule has 3 fully saturated rings. The lowest BCUT2D eigenvalue weighted by atomic mass is 9.97. The Morgan fingerprint density at radius 1 is 1.19 bits per heavy atom. The average molecular weight is 493 g/mol. The molecule has 3 unspecified atom stereocenters. The molecule has 8 nitrogen and oxygen atoms in total. The molecule has 9 heteroatoms. The molecule has 2 aliphatic carbocycles. The van der Waals surface area contributed by atoms with Gasteiger partial charge in [0.1, 0.15) is 28.9 Å². The second kappa shape index (κ2) is 7.64. The topological polar surface area (TPSA) is 111 Å². The van der Waals surface area contributed by atoms with E-state index in [-0.39, 0.29) is 22.8 Å². The highest BCUT2D eigenvalue weighted by Crippen LogP contribution is 2.92. The number of hydrogen-bond acceptors (Lipinski definition) is 6. The van der Waals surface area contributed by atoms with E-state index in [0.717, 1.165) is 18.4 Å². The van der Waals surface area contributed by atoms with Crippen LogP contribution in [0.3, 0.4) is 0 Å². The third-order valence-corrected chi connectivity index (χ3v) is 8.14. The lowest BCUT2D eigenvalue weighted by Gasteiger charge is -2.17. The zero-order valence-corrected chi connectivity index (χ0v) is 19.8. The normalized spacial score (nSPS) is 28.1. The number of benzene rings is 2. The number of rotatable bonds is 7. The Kier molecular flexibility index (Phi) is 4.82. The summed E-state index contributed by atoms with van der Waals surface area (Å²) in [7, 11) is 0. The van der Waals surface area contributed by atoms with E-state index in [4.69, 9.17) is 14.0 Å². The molecule has 1 aliphatic heterocycles. The molecule has 0 bridgehead atoms. The van der Waals surface area contributed by atoms with Crippen molar-refractivity contribution >= 4 is 17.7 Å². The van der Waals surface area contributed by atoms with Crippen molar-refractivity contribution in [3.63, 3.8) is 0 Å². The maximum atomic E-state index is 14.0. The fourth-order valence-corrected chi connectivity index (χ4v) is 6.17. The molecule has 2 N–H and O–H groups in total. The maximum absolute atomic E-state index is 14.0. The fourth-order valence-electron chi connectivity index (χ4n) is 6.17. The summed E-state index contributed by atoms with van der Waals surface area (Å²) in [6.07, 6.45) is 0.326. The summed E-state index contributed by atoms with van der Waals surface area (Å²) in [5.41, 5.74) is 2.12. The lowest BCUT2D eigenvalue weighted by Crippen LogP contribution is -2.17. The third kappa shape index (κ3) is 3.19. The van der Waals surface area contributed by atoms with Gasteiger partial charge in [0.05, 0.1) is 13.0 Å². The minimum atomic E-state index is -0.790. The smallest absolute Gasteiger partial charge is 0.412 e. The van der Waals surface area contributed by atoms with Crippen molar-refractivity contribution < 1.29 is 33.1 Å². The zero-order valence-electron chi connectivity index (χ0n) is 19.8. The molecule has 6 rings (SSSR count). The number of hydrogen-bond donors (Lipinski definition) is 2. The molecule has 1 saturated heterocycles. The number of ether oxygens (including phenoxy) is 2. The highest BCUT2D eigenvalue weighted by atomic mass is 19.1. The van der Waals surface area contributed by atoms with E-state index in [0.29, 0.717) is 29.3 Å². The number of nitrogens with zero attached hydrogens (tertiary/aromatic N) is 1. The number of aromatic nitrogens is 1. The number of carboxylic acid groups (broad SMARTS) is 1. The molecular weight excluding hydrogens is 467 g/mol. The molecule has 186 valence electrons. The van der Waals surface area contributed by atoms with Crippen molar-refractivity contribution in [1.82, 2.24) is 5.16 Å². The average Bonchev–Trinajstić information content (AvgIpc) is 3.62. The number of halogens is 1. The number of carbonyl (C=O) groups is 2. The second-order valence-electron chi connectivity index (χ2n) is 10.1. The van der Waals surface area contributed by atoms with Crippen molar-refractivity contribution in [2.75, 3.05) is 11.9 Å². The molecule has 2 aromatic carbocycles. The van der Waals surface area contributed by atoms with Crippen LogP contribution >= 0.6 is 0 Å². The van der Waals surface area contributed by atoms with Crippen molar-refractivity contribution in [1.29, 1.82) is 0 Å². The molecule has 3 aromatic rings. The van der Waals surface area contributed by atoms with E-state index in [1.165, 1.54) is 6.07 Å². The van der Waals surface area contributed by atoms with Crippen LogP contribution < -0.4 is 5.32 Å². The second-order valence-corrected chi connectivity index (χ2v) is 10.1. The van der Waals surface area contributed by atoms with Crippen LogP contribution in [0.5, 0.6) is 0 Å². The summed E-state index contributed by atoms with van der Waals surface area (Å²) in [6, 6.07) is 13.8.